The topological polar surface area (TPSA) is 52.6 Å². The molecule has 0 spiro atoms. The largest absolute Gasteiger partial charge is 0.508 e. The van der Waals surface area contributed by atoms with Gasteiger partial charge in [0.2, 0.25) is 5.91 Å². The van der Waals surface area contributed by atoms with Crippen LogP contribution in [0.3, 0.4) is 0 Å². The van der Waals surface area contributed by atoms with Crippen LogP contribution in [0.25, 0.3) is 0 Å². The Hall–Kier alpha value is -1.55. The maximum atomic E-state index is 12.2. The maximum Gasteiger partial charge on any atom is 0.232 e. The Balaban J connectivity index is 2.27. The van der Waals surface area contributed by atoms with E-state index in [-0.39, 0.29) is 17.6 Å². The van der Waals surface area contributed by atoms with Crippen LogP contribution in [0.15, 0.2) is 18.2 Å². The number of nitrogens with one attached hydrogen (secondary N) is 1. The van der Waals surface area contributed by atoms with Crippen molar-refractivity contribution in [1.82, 2.24) is 5.32 Å². The summed E-state index contributed by atoms with van der Waals surface area (Å²) in [7, 11) is 0. The van der Waals surface area contributed by atoms with Gasteiger partial charge in [0.1, 0.15) is 5.75 Å². The number of carbonyl (C=O) groups excluding carboxylic acids is 1. The van der Waals surface area contributed by atoms with Crippen LogP contribution in [0, 0.1) is 12.8 Å². The Morgan fingerprint density at radius 1 is 1.53 bits per heavy atom. The van der Waals surface area contributed by atoms with Crippen molar-refractivity contribution < 1.29 is 9.90 Å². The zero-order chi connectivity index (χ0) is 12.4. The summed E-state index contributed by atoms with van der Waals surface area (Å²) in [6, 6.07) is 5.13. The number of carbonyl (C=O) groups is 1. The van der Waals surface area contributed by atoms with Crippen molar-refractivity contribution in [3.63, 3.8) is 0 Å². The quantitative estimate of drug-likeness (QED) is 0.828. The molecule has 92 valence electrons. The molecule has 0 bridgehead atoms. The highest BCUT2D eigenvalue weighted by atomic mass is 16.3. The minimum atomic E-state index is 0.0803. The minimum absolute atomic E-state index is 0.0803. The molecule has 2 rings (SSSR count). The highest BCUT2D eigenvalue weighted by Gasteiger charge is 2.29. The number of rotatable bonds is 3. The number of amides is 1. The molecule has 1 aliphatic rings. The molecule has 1 fully saturated rings. The van der Waals surface area contributed by atoms with E-state index in [1.807, 2.05) is 19.9 Å². The van der Waals surface area contributed by atoms with E-state index in [1.165, 1.54) is 0 Å². The first kappa shape index (κ1) is 11.9. The summed E-state index contributed by atoms with van der Waals surface area (Å²) < 4.78 is 0. The number of hydrogen-bond acceptors (Lipinski definition) is 3. The molecule has 1 saturated heterocycles. The van der Waals surface area contributed by atoms with Crippen molar-refractivity contribution in [3.05, 3.63) is 23.8 Å². The van der Waals surface area contributed by atoms with Crippen LogP contribution < -0.4 is 10.2 Å². The van der Waals surface area contributed by atoms with Gasteiger partial charge < -0.3 is 15.3 Å². The summed E-state index contributed by atoms with van der Waals surface area (Å²) in [4.78, 5) is 14.0. The average Bonchev–Trinajstić information content (AvgIpc) is 2.22. The van der Waals surface area contributed by atoms with Crippen molar-refractivity contribution in [2.24, 2.45) is 5.92 Å². The fourth-order valence-corrected chi connectivity index (χ4v) is 2.02. The van der Waals surface area contributed by atoms with E-state index in [2.05, 4.69) is 5.32 Å². The molecule has 0 aromatic heterocycles. The van der Waals surface area contributed by atoms with Crippen LogP contribution >= 0.6 is 0 Å². The summed E-state index contributed by atoms with van der Waals surface area (Å²) in [5.74, 6) is 0.417. The molecule has 0 aliphatic carbocycles. The monoisotopic (exact) mass is 234 g/mol. The van der Waals surface area contributed by atoms with Gasteiger partial charge in [-0.15, -0.1) is 0 Å². The fraction of sp³-hybridized carbons (Fsp3) is 0.462. The zero-order valence-corrected chi connectivity index (χ0v) is 10.2. The lowest BCUT2D eigenvalue weighted by atomic mass is 10.0. The normalized spacial score (nSPS) is 15.4. The molecule has 4 heteroatoms. The second-order valence-corrected chi connectivity index (χ2v) is 4.41. The molecule has 4 nitrogen and oxygen atoms in total. The average molecular weight is 234 g/mol. The van der Waals surface area contributed by atoms with Crippen LogP contribution in [0.5, 0.6) is 5.75 Å². The highest BCUT2D eigenvalue weighted by molar-refractivity contribution is 5.96. The zero-order valence-electron chi connectivity index (χ0n) is 10.2. The smallest absolute Gasteiger partial charge is 0.232 e. The first-order valence-corrected chi connectivity index (χ1v) is 5.95. The number of phenols is 1. The molecule has 17 heavy (non-hydrogen) atoms. The van der Waals surface area contributed by atoms with Crippen molar-refractivity contribution in [2.45, 2.75) is 13.8 Å². The predicted molar refractivity (Wildman–Crippen MR) is 67.2 cm³/mol. The van der Waals surface area contributed by atoms with Crippen molar-refractivity contribution in [3.8, 4) is 5.75 Å². The van der Waals surface area contributed by atoms with Crippen LogP contribution in [-0.4, -0.2) is 30.6 Å². The van der Waals surface area contributed by atoms with Crippen molar-refractivity contribution in [1.29, 1.82) is 0 Å². The number of phenolic OH excluding ortho intramolecular Hbond substituents is 1. The SMILES string of the molecule is CCN(C(=O)C1CNC1)c1cc(O)ccc1C. The molecule has 0 atom stereocenters. The fourth-order valence-electron chi connectivity index (χ4n) is 2.02. The Labute approximate surface area is 101 Å². The second-order valence-electron chi connectivity index (χ2n) is 4.41. The Kier molecular flexibility index (Phi) is 3.33. The van der Waals surface area contributed by atoms with Crippen LogP contribution in [0.2, 0.25) is 0 Å². The summed E-state index contributed by atoms with van der Waals surface area (Å²) in [5.41, 5.74) is 1.81. The van der Waals surface area contributed by atoms with Gasteiger partial charge in [-0.1, -0.05) is 6.07 Å². The van der Waals surface area contributed by atoms with E-state index in [1.54, 1.807) is 17.0 Å². The molecule has 1 aromatic rings. The summed E-state index contributed by atoms with van der Waals surface area (Å²) in [6.07, 6.45) is 0. The van der Waals surface area contributed by atoms with Crippen LogP contribution in [0.1, 0.15) is 12.5 Å². The number of anilines is 1. The van der Waals surface area contributed by atoms with Gasteiger partial charge in [0.25, 0.3) is 0 Å². The summed E-state index contributed by atoms with van der Waals surface area (Å²) >= 11 is 0. The van der Waals surface area contributed by atoms with Gasteiger partial charge >= 0.3 is 0 Å². The Bertz CT molecular complexity index is 427. The number of aryl methyl sites for hydroxylation is 1. The molecular weight excluding hydrogens is 216 g/mol. The van der Waals surface area contributed by atoms with Crippen molar-refractivity contribution >= 4 is 11.6 Å². The standard InChI is InChI=1S/C13H18N2O2/c1-3-15(13(17)10-7-14-8-10)12-6-11(16)5-4-9(12)2/h4-6,10,14,16H,3,7-8H2,1-2H3. The van der Waals surface area contributed by atoms with Crippen LogP contribution in [0.4, 0.5) is 5.69 Å². The molecule has 0 unspecified atom stereocenters. The van der Waals surface area contributed by atoms with Gasteiger partial charge in [-0.3, -0.25) is 4.79 Å². The summed E-state index contributed by atoms with van der Waals surface area (Å²) in [5, 5.41) is 12.6. The first-order valence-electron chi connectivity index (χ1n) is 5.95. The van der Waals surface area contributed by atoms with Gasteiger partial charge in [-0.25, -0.2) is 0 Å². The molecule has 1 amide bonds. The number of benzene rings is 1. The van der Waals surface area contributed by atoms with Crippen molar-refractivity contribution in [2.75, 3.05) is 24.5 Å². The second kappa shape index (κ2) is 4.75. The number of nitrogens with zero attached hydrogens (tertiary/aromatic N) is 1. The third kappa shape index (κ3) is 2.26. The Morgan fingerprint density at radius 2 is 2.24 bits per heavy atom. The Morgan fingerprint density at radius 3 is 2.76 bits per heavy atom. The predicted octanol–water partition coefficient (Wildman–Crippen LogP) is 1.27. The molecule has 0 radical (unpaired) electrons. The van der Waals surface area contributed by atoms with Gasteiger partial charge in [0.15, 0.2) is 0 Å². The molecule has 1 aromatic carbocycles. The highest BCUT2D eigenvalue weighted by Crippen LogP contribution is 2.26. The van der Waals surface area contributed by atoms with E-state index in [4.69, 9.17) is 0 Å². The van der Waals surface area contributed by atoms with E-state index < -0.39 is 0 Å². The molecule has 1 aliphatic heterocycles. The van der Waals surface area contributed by atoms with E-state index in [9.17, 15) is 9.90 Å². The van der Waals surface area contributed by atoms with Gasteiger partial charge in [0, 0.05) is 25.7 Å². The summed E-state index contributed by atoms with van der Waals surface area (Å²) in [6.45, 7) is 6.04. The molecule has 0 saturated carbocycles. The maximum absolute atomic E-state index is 12.2. The lowest BCUT2D eigenvalue weighted by Gasteiger charge is -2.32. The van der Waals surface area contributed by atoms with Gasteiger partial charge in [-0.05, 0) is 25.5 Å². The first-order chi connectivity index (χ1) is 8.13. The lowest BCUT2D eigenvalue weighted by molar-refractivity contribution is -0.123. The number of hydrogen-bond donors (Lipinski definition) is 2. The lowest BCUT2D eigenvalue weighted by Crippen LogP contribution is -2.52. The molecular formula is C13H18N2O2. The van der Waals surface area contributed by atoms with Gasteiger partial charge in [-0.2, -0.15) is 0 Å². The van der Waals surface area contributed by atoms with E-state index >= 15 is 0 Å². The third-order valence-electron chi connectivity index (χ3n) is 3.20. The molecule has 1 heterocycles. The van der Waals surface area contributed by atoms with E-state index in [0.29, 0.717) is 6.54 Å². The molecule has 2 N–H and O–H groups in total. The van der Waals surface area contributed by atoms with Gasteiger partial charge in [0.05, 0.1) is 11.6 Å². The van der Waals surface area contributed by atoms with E-state index in [0.717, 1.165) is 24.3 Å². The van der Waals surface area contributed by atoms with Crippen LogP contribution in [-0.2, 0) is 4.79 Å². The minimum Gasteiger partial charge on any atom is -0.508 e. The third-order valence-corrected chi connectivity index (χ3v) is 3.20. The number of aromatic hydroxyl groups is 1.